The van der Waals surface area contributed by atoms with E-state index >= 15 is 0 Å². The number of para-hydroxylation sites is 1. The smallest absolute Gasteiger partial charge is 0.123 e. The molecule has 1 aromatic rings. The summed E-state index contributed by atoms with van der Waals surface area (Å²) in [6, 6.07) is 9.38. The molecule has 1 N–H and O–H groups in total. The first-order valence-electron chi connectivity index (χ1n) is 7.67. The van der Waals surface area contributed by atoms with Crippen molar-refractivity contribution in [3.05, 3.63) is 29.8 Å². The van der Waals surface area contributed by atoms with Gasteiger partial charge in [-0.1, -0.05) is 32.0 Å². The van der Waals surface area contributed by atoms with E-state index < -0.39 is 0 Å². The van der Waals surface area contributed by atoms with E-state index in [4.69, 9.17) is 4.74 Å². The Morgan fingerprint density at radius 2 is 1.85 bits per heavy atom. The summed E-state index contributed by atoms with van der Waals surface area (Å²) in [7, 11) is 3.91. The fourth-order valence-electron chi connectivity index (χ4n) is 2.33. The molecule has 3 nitrogen and oxygen atoms in total. The topological polar surface area (TPSA) is 24.5 Å². The zero-order chi connectivity index (χ0) is 15.0. The Balaban J connectivity index is 2.50. The third kappa shape index (κ3) is 5.14. The number of methoxy groups -OCH3 is 1. The second-order valence-corrected chi connectivity index (χ2v) is 5.50. The fraction of sp³-hybridized carbons (Fsp3) is 0.647. The van der Waals surface area contributed by atoms with Gasteiger partial charge in [0.2, 0.25) is 0 Å². The first-order valence-corrected chi connectivity index (χ1v) is 7.67. The molecule has 0 bridgehead atoms. The Morgan fingerprint density at radius 1 is 1.20 bits per heavy atom. The molecule has 3 heteroatoms. The minimum atomic E-state index is 0.500. The van der Waals surface area contributed by atoms with Crippen LogP contribution in [0.25, 0.3) is 0 Å². The number of hydrogen-bond donors (Lipinski definition) is 1. The first kappa shape index (κ1) is 17.0. The number of hydrogen-bond acceptors (Lipinski definition) is 3. The molecular formula is C17H30N2O. The summed E-state index contributed by atoms with van der Waals surface area (Å²) in [5.74, 6) is 0.972. The van der Waals surface area contributed by atoms with E-state index in [1.807, 2.05) is 12.1 Å². The van der Waals surface area contributed by atoms with Crippen molar-refractivity contribution in [2.45, 2.75) is 52.2 Å². The van der Waals surface area contributed by atoms with E-state index in [9.17, 15) is 0 Å². The van der Waals surface area contributed by atoms with Crippen molar-refractivity contribution >= 4 is 0 Å². The SMILES string of the molecule is CCC(CC)NCC(C)N(C)Cc1ccccc1OC. The van der Waals surface area contributed by atoms with Crippen LogP contribution >= 0.6 is 0 Å². The van der Waals surface area contributed by atoms with E-state index in [-0.39, 0.29) is 0 Å². The summed E-state index contributed by atoms with van der Waals surface area (Å²) in [5.41, 5.74) is 1.24. The molecular weight excluding hydrogens is 248 g/mol. The van der Waals surface area contributed by atoms with E-state index in [1.165, 1.54) is 18.4 Å². The third-order valence-electron chi connectivity index (χ3n) is 4.05. The van der Waals surface area contributed by atoms with Crippen molar-refractivity contribution in [1.82, 2.24) is 10.2 Å². The summed E-state index contributed by atoms with van der Waals surface area (Å²) in [6.07, 6.45) is 2.39. The Bertz CT molecular complexity index is 377. The van der Waals surface area contributed by atoms with E-state index in [1.54, 1.807) is 7.11 Å². The third-order valence-corrected chi connectivity index (χ3v) is 4.05. The predicted molar refractivity (Wildman–Crippen MR) is 86.3 cm³/mol. The molecule has 0 fully saturated rings. The lowest BCUT2D eigenvalue weighted by molar-refractivity contribution is 0.232. The zero-order valence-corrected chi connectivity index (χ0v) is 13.6. The van der Waals surface area contributed by atoms with Crippen molar-refractivity contribution in [2.24, 2.45) is 0 Å². The Labute approximate surface area is 124 Å². The van der Waals surface area contributed by atoms with E-state index in [2.05, 4.69) is 50.2 Å². The molecule has 1 rings (SSSR count). The number of rotatable bonds is 9. The van der Waals surface area contributed by atoms with Crippen molar-refractivity contribution in [1.29, 1.82) is 0 Å². The van der Waals surface area contributed by atoms with Crippen LogP contribution in [0.1, 0.15) is 39.2 Å². The Morgan fingerprint density at radius 3 is 2.45 bits per heavy atom. The van der Waals surface area contributed by atoms with Crippen LogP contribution in [-0.2, 0) is 6.54 Å². The number of likely N-dealkylation sites (N-methyl/N-ethyl adjacent to an activating group) is 1. The van der Waals surface area contributed by atoms with Crippen LogP contribution in [0, 0.1) is 0 Å². The molecule has 0 aliphatic carbocycles. The molecule has 0 saturated carbocycles. The van der Waals surface area contributed by atoms with Gasteiger partial charge < -0.3 is 10.1 Å². The standard InChI is InChI=1S/C17H30N2O/c1-6-16(7-2)18-12-14(3)19(4)13-15-10-8-9-11-17(15)20-5/h8-11,14,16,18H,6-7,12-13H2,1-5H3. The van der Waals surface area contributed by atoms with Crippen LogP contribution in [0.4, 0.5) is 0 Å². The van der Waals surface area contributed by atoms with Crippen LogP contribution in [-0.4, -0.2) is 37.7 Å². The molecule has 0 heterocycles. The molecule has 0 spiro atoms. The predicted octanol–water partition coefficient (Wildman–Crippen LogP) is 3.29. The molecule has 0 amide bonds. The summed E-state index contributed by atoms with van der Waals surface area (Å²) in [4.78, 5) is 2.37. The van der Waals surface area contributed by atoms with Crippen LogP contribution in [0.5, 0.6) is 5.75 Å². The van der Waals surface area contributed by atoms with Gasteiger partial charge in [0.15, 0.2) is 0 Å². The van der Waals surface area contributed by atoms with Gasteiger partial charge >= 0.3 is 0 Å². The van der Waals surface area contributed by atoms with Gasteiger partial charge in [-0.05, 0) is 32.9 Å². The first-order chi connectivity index (χ1) is 9.62. The van der Waals surface area contributed by atoms with Crippen LogP contribution in [0.2, 0.25) is 0 Å². The van der Waals surface area contributed by atoms with Crippen molar-refractivity contribution in [2.75, 3.05) is 20.7 Å². The molecule has 0 aliphatic heterocycles. The van der Waals surface area contributed by atoms with E-state index in [0.29, 0.717) is 12.1 Å². The number of ether oxygens (including phenoxy) is 1. The molecule has 0 radical (unpaired) electrons. The maximum Gasteiger partial charge on any atom is 0.123 e. The van der Waals surface area contributed by atoms with E-state index in [0.717, 1.165) is 18.8 Å². The minimum Gasteiger partial charge on any atom is -0.496 e. The van der Waals surface area contributed by atoms with Crippen molar-refractivity contribution in [3.63, 3.8) is 0 Å². The average molecular weight is 278 g/mol. The number of benzene rings is 1. The maximum absolute atomic E-state index is 5.42. The van der Waals surface area contributed by atoms with Gasteiger partial charge in [-0.2, -0.15) is 0 Å². The zero-order valence-electron chi connectivity index (χ0n) is 13.6. The summed E-state index contributed by atoms with van der Waals surface area (Å²) in [6.45, 7) is 8.69. The molecule has 114 valence electrons. The molecule has 1 unspecified atom stereocenters. The van der Waals surface area contributed by atoms with Gasteiger partial charge in [-0.15, -0.1) is 0 Å². The van der Waals surface area contributed by atoms with Gasteiger partial charge in [0.1, 0.15) is 5.75 Å². The van der Waals surface area contributed by atoms with Gasteiger partial charge in [0, 0.05) is 30.7 Å². The maximum atomic E-state index is 5.42. The second kappa shape index (κ2) is 8.98. The lowest BCUT2D eigenvalue weighted by Gasteiger charge is -2.27. The summed E-state index contributed by atoms with van der Waals surface area (Å²) in [5, 5.41) is 3.64. The molecule has 0 aromatic heterocycles. The lowest BCUT2D eigenvalue weighted by atomic mass is 10.1. The van der Waals surface area contributed by atoms with Gasteiger partial charge in [0.05, 0.1) is 7.11 Å². The summed E-state index contributed by atoms with van der Waals surface area (Å²) >= 11 is 0. The summed E-state index contributed by atoms with van der Waals surface area (Å²) < 4.78 is 5.42. The highest BCUT2D eigenvalue weighted by Crippen LogP contribution is 2.19. The lowest BCUT2D eigenvalue weighted by Crippen LogP contribution is -2.41. The Kier molecular flexibility index (Phi) is 7.63. The highest BCUT2D eigenvalue weighted by Gasteiger charge is 2.13. The van der Waals surface area contributed by atoms with Crippen LogP contribution in [0.3, 0.4) is 0 Å². The van der Waals surface area contributed by atoms with Gasteiger partial charge in [-0.3, -0.25) is 4.90 Å². The highest BCUT2D eigenvalue weighted by molar-refractivity contribution is 5.33. The molecule has 0 saturated heterocycles. The molecule has 20 heavy (non-hydrogen) atoms. The largest absolute Gasteiger partial charge is 0.496 e. The Hall–Kier alpha value is -1.06. The number of nitrogens with zero attached hydrogens (tertiary/aromatic N) is 1. The van der Waals surface area contributed by atoms with Gasteiger partial charge in [0.25, 0.3) is 0 Å². The second-order valence-electron chi connectivity index (χ2n) is 5.50. The highest BCUT2D eigenvalue weighted by atomic mass is 16.5. The van der Waals surface area contributed by atoms with Gasteiger partial charge in [-0.25, -0.2) is 0 Å². The normalized spacial score (nSPS) is 12.9. The average Bonchev–Trinajstić information content (AvgIpc) is 2.48. The van der Waals surface area contributed by atoms with Crippen molar-refractivity contribution < 1.29 is 4.74 Å². The quantitative estimate of drug-likeness (QED) is 0.750. The van der Waals surface area contributed by atoms with Crippen LogP contribution < -0.4 is 10.1 Å². The monoisotopic (exact) mass is 278 g/mol. The molecule has 1 aromatic carbocycles. The minimum absolute atomic E-state index is 0.500. The number of nitrogens with one attached hydrogen (secondary N) is 1. The van der Waals surface area contributed by atoms with Crippen LogP contribution in [0.15, 0.2) is 24.3 Å². The molecule has 1 atom stereocenters. The molecule has 0 aliphatic rings. The fourth-order valence-corrected chi connectivity index (χ4v) is 2.33. The van der Waals surface area contributed by atoms with Crippen molar-refractivity contribution in [3.8, 4) is 5.75 Å².